The van der Waals surface area contributed by atoms with Gasteiger partial charge < -0.3 is 0 Å². The van der Waals surface area contributed by atoms with E-state index in [1.165, 1.54) is 49.9 Å². The molecule has 1 heterocycles. The van der Waals surface area contributed by atoms with E-state index >= 15 is 0 Å². The number of fused-ring (bicyclic) bond motifs is 5. The van der Waals surface area contributed by atoms with Gasteiger partial charge in [-0.15, -0.1) is 0 Å². The van der Waals surface area contributed by atoms with Gasteiger partial charge in [0.25, 0.3) is 0 Å². The van der Waals surface area contributed by atoms with Crippen LogP contribution in [0.2, 0.25) is 0 Å². The van der Waals surface area contributed by atoms with Crippen molar-refractivity contribution >= 4 is 0 Å². The third-order valence-electron chi connectivity index (χ3n) is 4.65. The molecule has 2 saturated carbocycles. The van der Waals surface area contributed by atoms with Crippen LogP contribution in [0.4, 0.5) is 0 Å². The smallest absolute Gasteiger partial charge is 0.0697 e. The van der Waals surface area contributed by atoms with Gasteiger partial charge in [-0.3, -0.25) is 0 Å². The van der Waals surface area contributed by atoms with Gasteiger partial charge in [0, 0.05) is 11.8 Å². The van der Waals surface area contributed by atoms with Gasteiger partial charge in [-0.1, -0.05) is 6.42 Å². The summed E-state index contributed by atoms with van der Waals surface area (Å²) < 4.78 is 0. The summed E-state index contributed by atoms with van der Waals surface area (Å²) >= 11 is 0. The molecule has 0 saturated heterocycles. The lowest BCUT2D eigenvalue weighted by molar-refractivity contribution is 0.406. The predicted molar refractivity (Wildman–Crippen MR) is 58.0 cm³/mol. The van der Waals surface area contributed by atoms with Crippen LogP contribution < -0.4 is 0 Å². The largest absolute Gasteiger partial charge is 0.155 e. The molecule has 3 aliphatic carbocycles. The minimum Gasteiger partial charge on any atom is -0.155 e. The number of hydrogen-bond acceptors (Lipinski definition) is 2. The van der Waals surface area contributed by atoms with E-state index in [-0.39, 0.29) is 0 Å². The van der Waals surface area contributed by atoms with Crippen molar-refractivity contribution in [2.75, 3.05) is 0 Å². The van der Waals surface area contributed by atoms with E-state index in [4.69, 9.17) is 0 Å². The Kier molecular flexibility index (Phi) is 1.54. The van der Waals surface area contributed by atoms with Gasteiger partial charge in [0.1, 0.15) is 0 Å². The van der Waals surface area contributed by atoms with Crippen molar-refractivity contribution in [2.45, 2.75) is 56.3 Å². The zero-order chi connectivity index (χ0) is 9.83. The summed E-state index contributed by atoms with van der Waals surface area (Å²) in [6.07, 6.45) is 8.17. The normalized spacial score (nSPS) is 32.8. The minimum absolute atomic E-state index is 0.738. The molecule has 0 N–H and O–H groups in total. The number of rotatable bonds is 1. The van der Waals surface area contributed by atoms with E-state index in [1.807, 2.05) is 0 Å². The molecule has 1 aromatic heterocycles. The standard InChI is InChI=1S/C13H16N2/c1-2-8(3-1)12-7-11-9-4-5-10(6-9)13(11)15-14-12/h7-10H,1-6H2. The van der Waals surface area contributed by atoms with Crippen LogP contribution in [0.5, 0.6) is 0 Å². The van der Waals surface area contributed by atoms with Crippen LogP contribution in [0.3, 0.4) is 0 Å². The maximum atomic E-state index is 4.49. The Balaban J connectivity index is 1.77. The van der Waals surface area contributed by atoms with Crippen LogP contribution in [-0.2, 0) is 0 Å². The second kappa shape index (κ2) is 2.81. The zero-order valence-electron chi connectivity index (χ0n) is 8.95. The van der Waals surface area contributed by atoms with Crippen molar-refractivity contribution in [1.29, 1.82) is 0 Å². The molecule has 2 nitrogen and oxygen atoms in total. The van der Waals surface area contributed by atoms with Crippen molar-refractivity contribution < 1.29 is 0 Å². The van der Waals surface area contributed by atoms with Gasteiger partial charge in [0.05, 0.1) is 11.4 Å². The van der Waals surface area contributed by atoms with Crippen LogP contribution in [0.15, 0.2) is 6.07 Å². The Morgan fingerprint density at radius 1 is 0.933 bits per heavy atom. The fourth-order valence-corrected chi connectivity index (χ4v) is 3.49. The summed E-state index contributed by atoms with van der Waals surface area (Å²) in [5, 5.41) is 8.94. The van der Waals surface area contributed by atoms with E-state index in [0.29, 0.717) is 0 Å². The van der Waals surface area contributed by atoms with Crippen molar-refractivity contribution in [2.24, 2.45) is 0 Å². The molecule has 1 aromatic rings. The predicted octanol–water partition coefficient (Wildman–Crippen LogP) is 3.11. The Bertz CT molecular complexity index is 409. The monoisotopic (exact) mass is 200 g/mol. The Hall–Kier alpha value is -0.920. The lowest BCUT2D eigenvalue weighted by Gasteiger charge is -2.25. The quantitative estimate of drug-likeness (QED) is 0.696. The van der Waals surface area contributed by atoms with Gasteiger partial charge in [0.2, 0.25) is 0 Å². The lowest BCUT2D eigenvalue weighted by atomic mass is 9.82. The topological polar surface area (TPSA) is 25.8 Å². The first-order valence-electron chi connectivity index (χ1n) is 6.29. The van der Waals surface area contributed by atoms with Crippen LogP contribution in [0.1, 0.15) is 73.2 Å². The fraction of sp³-hybridized carbons (Fsp3) is 0.692. The number of hydrogen-bond donors (Lipinski definition) is 0. The molecular weight excluding hydrogens is 184 g/mol. The van der Waals surface area contributed by atoms with Gasteiger partial charge in [-0.25, -0.2) is 0 Å². The molecule has 2 atom stereocenters. The molecule has 0 aliphatic heterocycles. The highest BCUT2D eigenvalue weighted by atomic mass is 15.1. The highest BCUT2D eigenvalue weighted by Gasteiger charge is 2.39. The molecule has 2 fully saturated rings. The van der Waals surface area contributed by atoms with Gasteiger partial charge in [0.15, 0.2) is 0 Å². The average Bonchev–Trinajstić information content (AvgIpc) is 2.75. The third-order valence-corrected chi connectivity index (χ3v) is 4.65. The highest BCUT2D eigenvalue weighted by Crippen LogP contribution is 2.52. The van der Waals surface area contributed by atoms with E-state index in [1.54, 1.807) is 5.56 Å². The molecule has 0 amide bonds. The van der Waals surface area contributed by atoms with Crippen molar-refractivity contribution in [1.82, 2.24) is 10.2 Å². The molecule has 2 unspecified atom stereocenters. The van der Waals surface area contributed by atoms with E-state index < -0.39 is 0 Å². The van der Waals surface area contributed by atoms with Gasteiger partial charge in [-0.2, -0.15) is 10.2 Å². The van der Waals surface area contributed by atoms with Crippen molar-refractivity contribution in [3.05, 3.63) is 23.0 Å². The summed E-state index contributed by atoms with van der Waals surface area (Å²) in [5.74, 6) is 2.33. The van der Waals surface area contributed by atoms with Gasteiger partial charge in [-0.05, 0) is 49.7 Å². The SMILES string of the molecule is c1c(C2CCC2)nnc2c1C1CCC2C1. The fourth-order valence-electron chi connectivity index (χ4n) is 3.49. The first-order valence-corrected chi connectivity index (χ1v) is 6.29. The van der Waals surface area contributed by atoms with Crippen LogP contribution in [0.25, 0.3) is 0 Å². The maximum Gasteiger partial charge on any atom is 0.0697 e. The first kappa shape index (κ1) is 8.26. The molecule has 3 aliphatic rings. The number of nitrogens with zero attached hydrogens (tertiary/aromatic N) is 2. The maximum absolute atomic E-state index is 4.49. The average molecular weight is 200 g/mol. The first-order chi connectivity index (χ1) is 7.42. The third kappa shape index (κ3) is 1.05. The number of aromatic nitrogens is 2. The van der Waals surface area contributed by atoms with E-state index in [0.717, 1.165) is 17.8 Å². The lowest BCUT2D eigenvalue weighted by Crippen LogP contribution is -2.13. The van der Waals surface area contributed by atoms with Crippen molar-refractivity contribution in [3.8, 4) is 0 Å². The minimum atomic E-state index is 0.738. The Morgan fingerprint density at radius 3 is 2.60 bits per heavy atom. The summed E-state index contributed by atoms with van der Waals surface area (Å²) in [7, 11) is 0. The molecule has 15 heavy (non-hydrogen) atoms. The highest BCUT2D eigenvalue weighted by molar-refractivity contribution is 5.37. The summed E-state index contributed by atoms with van der Waals surface area (Å²) in [5.41, 5.74) is 4.19. The molecule has 0 radical (unpaired) electrons. The van der Waals surface area contributed by atoms with Gasteiger partial charge >= 0.3 is 0 Å². The molecule has 2 heteroatoms. The summed E-state index contributed by atoms with van der Waals surface area (Å²) in [4.78, 5) is 0. The summed E-state index contributed by atoms with van der Waals surface area (Å²) in [6.45, 7) is 0. The second-order valence-electron chi connectivity index (χ2n) is 5.44. The van der Waals surface area contributed by atoms with Crippen LogP contribution >= 0.6 is 0 Å². The Labute approximate surface area is 90.1 Å². The zero-order valence-corrected chi connectivity index (χ0v) is 8.95. The molecule has 4 rings (SSSR count). The van der Waals surface area contributed by atoms with Crippen LogP contribution in [0, 0.1) is 0 Å². The van der Waals surface area contributed by atoms with E-state index in [9.17, 15) is 0 Å². The second-order valence-corrected chi connectivity index (χ2v) is 5.44. The summed E-state index contributed by atoms with van der Waals surface area (Å²) in [6, 6.07) is 2.38. The molecule has 0 spiro atoms. The van der Waals surface area contributed by atoms with E-state index in [2.05, 4.69) is 16.3 Å². The Morgan fingerprint density at radius 2 is 1.80 bits per heavy atom. The molecule has 78 valence electrons. The molecular formula is C13H16N2. The molecule has 2 bridgehead atoms. The molecule has 0 aromatic carbocycles. The van der Waals surface area contributed by atoms with Crippen molar-refractivity contribution in [3.63, 3.8) is 0 Å². The van der Waals surface area contributed by atoms with Crippen LogP contribution in [-0.4, -0.2) is 10.2 Å².